The van der Waals surface area contributed by atoms with E-state index in [1.807, 2.05) is 0 Å². The lowest BCUT2D eigenvalue weighted by Gasteiger charge is -2.14. The maximum Gasteiger partial charge on any atom is 0.280 e. The van der Waals surface area contributed by atoms with Crippen molar-refractivity contribution in [1.82, 2.24) is 9.99 Å². The van der Waals surface area contributed by atoms with E-state index in [-0.39, 0.29) is 11.3 Å². The number of aromatic nitrogens is 1. The van der Waals surface area contributed by atoms with Gasteiger partial charge in [-0.1, -0.05) is 44.0 Å². The number of halogens is 1. The fraction of sp³-hybridized carbons (Fsp3) is 0.227. The summed E-state index contributed by atoms with van der Waals surface area (Å²) >= 11 is 0. The predicted octanol–water partition coefficient (Wildman–Crippen LogP) is 3.80. The number of hydrogen-bond acceptors (Lipinski definition) is 4. The van der Waals surface area contributed by atoms with Crippen molar-refractivity contribution in [2.24, 2.45) is 5.10 Å². The molecule has 1 amide bonds. The molecule has 1 heterocycles. The Bertz CT molecular complexity index is 1120. The van der Waals surface area contributed by atoms with Crippen LogP contribution in [0, 0.1) is 5.82 Å². The number of aromatic hydroxyl groups is 1. The molecule has 1 aromatic heterocycles. The van der Waals surface area contributed by atoms with E-state index in [2.05, 4.69) is 17.5 Å². The Morgan fingerprint density at radius 3 is 2.76 bits per heavy atom. The van der Waals surface area contributed by atoms with Crippen LogP contribution >= 0.6 is 0 Å². The molecule has 0 atom stereocenters. The van der Waals surface area contributed by atoms with Crippen molar-refractivity contribution in [3.05, 3.63) is 75.8 Å². The van der Waals surface area contributed by atoms with Crippen LogP contribution in [0.3, 0.4) is 0 Å². The van der Waals surface area contributed by atoms with Gasteiger partial charge in [-0.05, 0) is 36.2 Å². The van der Waals surface area contributed by atoms with Gasteiger partial charge in [0, 0.05) is 11.9 Å². The molecule has 3 aromatic rings. The van der Waals surface area contributed by atoms with Gasteiger partial charge in [0.2, 0.25) is 0 Å². The summed E-state index contributed by atoms with van der Waals surface area (Å²) in [6.07, 6.45) is 3.98. The third-order valence-corrected chi connectivity index (χ3v) is 4.59. The third kappa shape index (κ3) is 4.51. The Morgan fingerprint density at radius 1 is 1.21 bits per heavy atom. The summed E-state index contributed by atoms with van der Waals surface area (Å²) in [4.78, 5) is 25.6. The minimum absolute atomic E-state index is 0.364. The molecule has 150 valence electrons. The molecule has 29 heavy (non-hydrogen) atoms. The standard InChI is InChI=1S/C22H22FN3O3/c1-2-3-6-12-26-18-11-5-4-10-17(18)20(27)19(22(26)29)21(28)25-24-14-15-8-7-9-16(23)13-15/h4-5,7-11,13-14,27H,2-3,6,12H2,1H3,(H,25,28). The zero-order valence-electron chi connectivity index (χ0n) is 16.1. The number of hydrogen-bond donors (Lipinski definition) is 2. The Morgan fingerprint density at radius 2 is 2.00 bits per heavy atom. The number of unbranched alkanes of at least 4 members (excludes halogenated alkanes) is 2. The molecule has 0 saturated carbocycles. The average Bonchev–Trinajstić information content (AvgIpc) is 2.71. The minimum atomic E-state index is -0.824. The number of pyridine rings is 1. The van der Waals surface area contributed by atoms with Crippen molar-refractivity contribution in [3.8, 4) is 5.75 Å². The summed E-state index contributed by atoms with van der Waals surface area (Å²) < 4.78 is 14.7. The zero-order chi connectivity index (χ0) is 20.8. The SMILES string of the molecule is CCCCCn1c(=O)c(C(=O)NN=Cc2cccc(F)c2)c(O)c2ccccc21. The summed E-state index contributed by atoms with van der Waals surface area (Å²) in [6, 6.07) is 12.6. The topological polar surface area (TPSA) is 83.7 Å². The molecule has 0 fully saturated rings. The first-order valence-corrected chi connectivity index (χ1v) is 9.46. The number of amides is 1. The highest BCUT2D eigenvalue weighted by Gasteiger charge is 2.21. The van der Waals surface area contributed by atoms with Gasteiger partial charge >= 0.3 is 0 Å². The van der Waals surface area contributed by atoms with Gasteiger partial charge in [0.25, 0.3) is 11.5 Å². The van der Waals surface area contributed by atoms with E-state index in [0.29, 0.717) is 23.0 Å². The highest BCUT2D eigenvalue weighted by atomic mass is 19.1. The third-order valence-electron chi connectivity index (χ3n) is 4.59. The van der Waals surface area contributed by atoms with Crippen LogP contribution in [0.5, 0.6) is 5.75 Å². The van der Waals surface area contributed by atoms with E-state index in [0.717, 1.165) is 19.3 Å². The zero-order valence-corrected chi connectivity index (χ0v) is 16.1. The molecular formula is C22H22FN3O3. The van der Waals surface area contributed by atoms with E-state index in [4.69, 9.17) is 0 Å². The number of para-hydroxylation sites is 1. The van der Waals surface area contributed by atoms with Crippen LogP contribution in [-0.4, -0.2) is 21.8 Å². The van der Waals surface area contributed by atoms with Crippen LogP contribution in [0.4, 0.5) is 4.39 Å². The van der Waals surface area contributed by atoms with Crippen molar-refractivity contribution < 1.29 is 14.3 Å². The van der Waals surface area contributed by atoms with E-state index in [1.165, 1.54) is 29.0 Å². The van der Waals surface area contributed by atoms with Gasteiger partial charge in [-0.25, -0.2) is 9.82 Å². The number of aryl methyl sites for hydroxylation is 1. The van der Waals surface area contributed by atoms with Gasteiger partial charge < -0.3 is 9.67 Å². The number of fused-ring (bicyclic) bond motifs is 1. The van der Waals surface area contributed by atoms with Crippen LogP contribution in [0.25, 0.3) is 10.9 Å². The number of carbonyl (C=O) groups excluding carboxylic acids is 1. The molecule has 0 aliphatic heterocycles. The number of rotatable bonds is 7. The lowest BCUT2D eigenvalue weighted by molar-refractivity contribution is 0.0950. The van der Waals surface area contributed by atoms with E-state index >= 15 is 0 Å². The molecule has 0 unspecified atom stereocenters. The summed E-state index contributed by atoms with van der Waals surface area (Å²) in [5, 5.41) is 14.8. The lowest BCUT2D eigenvalue weighted by Crippen LogP contribution is -2.31. The van der Waals surface area contributed by atoms with Gasteiger partial charge in [-0.2, -0.15) is 5.10 Å². The number of nitrogens with zero attached hydrogens (tertiary/aromatic N) is 2. The summed E-state index contributed by atoms with van der Waals surface area (Å²) in [5.74, 6) is -1.63. The van der Waals surface area contributed by atoms with Crippen molar-refractivity contribution in [1.29, 1.82) is 0 Å². The average molecular weight is 395 g/mol. The van der Waals surface area contributed by atoms with Gasteiger partial charge in [0.1, 0.15) is 17.1 Å². The van der Waals surface area contributed by atoms with Crippen LogP contribution in [0.2, 0.25) is 0 Å². The summed E-state index contributed by atoms with van der Waals surface area (Å²) in [5.41, 5.74) is 2.33. The fourth-order valence-corrected chi connectivity index (χ4v) is 3.14. The van der Waals surface area contributed by atoms with E-state index in [9.17, 15) is 19.1 Å². The van der Waals surface area contributed by atoms with E-state index < -0.39 is 17.3 Å². The lowest BCUT2D eigenvalue weighted by atomic mass is 10.1. The maximum atomic E-state index is 13.2. The van der Waals surface area contributed by atoms with Crippen LogP contribution in [0.1, 0.15) is 42.1 Å². The number of carbonyl (C=O) groups is 1. The summed E-state index contributed by atoms with van der Waals surface area (Å²) in [7, 11) is 0. The molecule has 6 nitrogen and oxygen atoms in total. The molecule has 0 aliphatic carbocycles. The second kappa shape index (κ2) is 9.14. The van der Waals surface area contributed by atoms with Crippen LogP contribution < -0.4 is 11.0 Å². The van der Waals surface area contributed by atoms with Gasteiger partial charge in [-0.3, -0.25) is 9.59 Å². The molecule has 0 spiro atoms. The van der Waals surface area contributed by atoms with Crippen molar-refractivity contribution >= 4 is 23.0 Å². The second-order valence-electron chi connectivity index (χ2n) is 6.66. The first kappa shape index (κ1) is 20.3. The highest BCUT2D eigenvalue weighted by Crippen LogP contribution is 2.26. The second-order valence-corrected chi connectivity index (χ2v) is 6.66. The Kier molecular flexibility index (Phi) is 6.39. The van der Waals surface area contributed by atoms with Crippen molar-refractivity contribution in [2.75, 3.05) is 0 Å². The largest absolute Gasteiger partial charge is 0.506 e. The first-order chi connectivity index (χ1) is 14.0. The van der Waals surface area contributed by atoms with Crippen molar-refractivity contribution in [3.63, 3.8) is 0 Å². The summed E-state index contributed by atoms with van der Waals surface area (Å²) in [6.45, 7) is 2.51. The molecule has 0 bridgehead atoms. The molecule has 0 aliphatic rings. The molecule has 2 aromatic carbocycles. The molecule has 0 saturated heterocycles. The number of hydrazone groups is 1. The van der Waals surface area contributed by atoms with Crippen LogP contribution in [-0.2, 0) is 6.54 Å². The first-order valence-electron chi connectivity index (χ1n) is 9.46. The van der Waals surface area contributed by atoms with Gasteiger partial charge in [-0.15, -0.1) is 0 Å². The monoisotopic (exact) mass is 395 g/mol. The number of nitrogens with one attached hydrogen (secondary N) is 1. The highest BCUT2D eigenvalue weighted by molar-refractivity contribution is 6.02. The normalized spacial score (nSPS) is 11.2. The van der Waals surface area contributed by atoms with Crippen molar-refractivity contribution in [2.45, 2.75) is 32.7 Å². The molecule has 2 N–H and O–H groups in total. The smallest absolute Gasteiger partial charge is 0.280 e. The molecule has 7 heteroatoms. The molecular weight excluding hydrogens is 373 g/mol. The van der Waals surface area contributed by atoms with Gasteiger partial charge in [0.05, 0.1) is 11.7 Å². The van der Waals surface area contributed by atoms with Gasteiger partial charge in [0.15, 0.2) is 0 Å². The fourth-order valence-electron chi connectivity index (χ4n) is 3.14. The number of benzene rings is 2. The Balaban J connectivity index is 1.95. The quantitative estimate of drug-likeness (QED) is 0.363. The molecule has 0 radical (unpaired) electrons. The maximum absolute atomic E-state index is 13.2. The Labute approximate surface area is 167 Å². The minimum Gasteiger partial charge on any atom is -0.506 e. The van der Waals surface area contributed by atoms with Crippen LogP contribution in [0.15, 0.2) is 58.4 Å². The Hall–Kier alpha value is -3.48. The van der Waals surface area contributed by atoms with E-state index in [1.54, 1.807) is 30.3 Å². The molecule has 3 rings (SSSR count). The predicted molar refractivity (Wildman–Crippen MR) is 111 cm³/mol.